The summed E-state index contributed by atoms with van der Waals surface area (Å²) in [5.74, 6) is 0.336. The lowest BCUT2D eigenvalue weighted by Gasteiger charge is -2.28. The molecule has 2 aliphatic rings. The third-order valence-electron chi connectivity index (χ3n) is 7.58. The molecule has 0 amide bonds. The molecular formula is C36H28N2. The van der Waals surface area contributed by atoms with Crippen LogP contribution in [-0.2, 0) is 0 Å². The molecule has 0 radical (unpaired) electrons. The van der Waals surface area contributed by atoms with Crippen LogP contribution in [0.1, 0.15) is 11.5 Å². The summed E-state index contributed by atoms with van der Waals surface area (Å²) in [4.78, 5) is 2.49. The zero-order valence-electron chi connectivity index (χ0n) is 21.0. The van der Waals surface area contributed by atoms with Gasteiger partial charge in [-0.05, 0) is 76.3 Å². The van der Waals surface area contributed by atoms with E-state index in [1.165, 1.54) is 39.2 Å². The Hall–Kier alpha value is -4.82. The standard InChI is InChI=1S/C36H28N2/c1-3-9-26(10-4-1)27-17-22-32(23-18-27)38-35-14-8-7-13-33(35)34-25-29(19-24-36(34)38)28-15-20-31(21-16-28)37-30-11-5-2-6-12-30/h1-25,33,35,37H. The Morgan fingerprint density at radius 3 is 1.84 bits per heavy atom. The van der Waals surface area contributed by atoms with Crippen molar-refractivity contribution in [3.8, 4) is 22.3 Å². The van der Waals surface area contributed by atoms with Gasteiger partial charge in [0.05, 0.1) is 6.04 Å². The molecule has 0 fully saturated rings. The summed E-state index contributed by atoms with van der Waals surface area (Å²) in [6, 6.07) is 45.8. The van der Waals surface area contributed by atoms with E-state index in [-0.39, 0.29) is 6.04 Å². The SMILES string of the molecule is C1=CC2c3cc(-c4ccc(Nc5ccccc5)cc4)ccc3N(c3ccc(-c4ccccc4)cc3)C2C=C1. The van der Waals surface area contributed by atoms with Gasteiger partial charge in [-0.15, -0.1) is 0 Å². The number of hydrogen-bond acceptors (Lipinski definition) is 2. The highest BCUT2D eigenvalue weighted by Crippen LogP contribution is 2.49. The highest BCUT2D eigenvalue weighted by atomic mass is 15.2. The molecule has 2 atom stereocenters. The number of allylic oxidation sites excluding steroid dienone is 2. The van der Waals surface area contributed by atoms with E-state index >= 15 is 0 Å². The van der Waals surface area contributed by atoms with Crippen LogP contribution in [0.4, 0.5) is 22.7 Å². The van der Waals surface area contributed by atoms with E-state index in [2.05, 4.69) is 144 Å². The van der Waals surface area contributed by atoms with Gasteiger partial charge in [-0.1, -0.05) is 103 Å². The lowest BCUT2D eigenvalue weighted by atomic mass is 9.89. The number of fused-ring (bicyclic) bond motifs is 3. The van der Waals surface area contributed by atoms with Gasteiger partial charge in [0.2, 0.25) is 0 Å². The van der Waals surface area contributed by atoms with Crippen molar-refractivity contribution in [2.75, 3.05) is 10.2 Å². The van der Waals surface area contributed by atoms with E-state index in [1.807, 2.05) is 18.2 Å². The van der Waals surface area contributed by atoms with Crippen LogP contribution >= 0.6 is 0 Å². The van der Waals surface area contributed by atoms with E-state index in [1.54, 1.807) is 0 Å². The molecule has 1 aliphatic heterocycles. The normalized spacial score (nSPS) is 17.2. The van der Waals surface area contributed by atoms with Crippen LogP contribution in [0.15, 0.2) is 152 Å². The molecule has 182 valence electrons. The number of hydrogen-bond donors (Lipinski definition) is 1. The molecule has 0 bridgehead atoms. The van der Waals surface area contributed by atoms with Gasteiger partial charge in [-0.2, -0.15) is 0 Å². The Morgan fingerprint density at radius 2 is 1.08 bits per heavy atom. The van der Waals surface area contributed by atoms with Gasteiger partial charge < -0.3 is 10.2 Å². The van der Waals surface area contributed by atoms with Crippen LogP contribution in [0.3, 0.4) is 0 Å². The first-order valence-corrected chi connectivity index (χ1v) is 13.2. The van der Waals surface area contributed by atoms with Crippen molar-refractivity contribution in [3.63, 3.8) is 0 Å². The van der Waals surface area contributed by atoms with Crippen LogP contribution in [-0.4, -0.2) is 6.04 Å². The fourth-order valence-electron chi connectivity index (χ4n) is 5.70. The summed E-state index contributed by atoms with van der Waals surface area (Å²) in [5.41, 5.74) is 11.0. The lowest BCUT2D eigenvalue weighted by Crippen LogP contribution is -2.28. The van der Waals surface area contributed by atoms with Gasteiger partial charge in [-0.3, -0.25) is 0 Å². The Bertz CT molecular complexity index is 1620. The molecule has 0 aromatic heterocycles. The Morgan fingerprint density at radius 1 is 0.500 bits per heavy atom. The van der Waals surface area contributed by atoms with Crippen molar-refractivity contribution in [2.45, 2.75) is 12.0 Å². The Kier molecular flexibility index (Phi) is 5.64. The monoisotopic (exact) mass is 488 g/mol. The van der Waals surface area contributed by atoms with Gasteiger partial charge >= 0.3 is 0 Å². The minimum Gasteiger partial charge on any atom is -0.356 e. The number of rotatable bonds is 5. The highest BCUT2D eigenvalue weighted by Gasteiger charge is 2.37. The molecule has 0 saturated heterocycles. The van der Waals surface area contributed by atoms with Gasteiger partial charge in [0.1, 0.15) is 0 Å². The molecule has 2 nitrogen and oxygen atoms in total. The summed E-state index contributed by atoms with van der Waals surface area (Å²) >= 11 is 0. The average Bonchev–Trinajstić information content (AvgIpc) is 3.32. The molecule has 1 N–H and O–H groups in total. The molecule has 38 heavy (non-hydrogen) atoms. The van der Waals surface area contributed by atoms with E-state index in [9.17, 15) is 0 Å². The first-order chi connectivity index (χ1) is 18.8. The predicted molar refractivity (Wildman–Crippen MR) is 160 cm³/mol. The first kappa shape index (κ1) is 22.4. The molecule has 7 rings (SSSR count). The van der Waals surface area contributed by atoms with Crippen molar-refractivity contribution in [1.29, 1.82) is 0 Å². The molecule has 2 unspecified atom stereocenters. The number of nitrogens with zero attached hydrogens (tertiary/aromatic N) is 1. The van der Waals surface area contributed by atoms with Crippen LogP contribution in [0.2, 0.25) is 0 Å². The third-order valence-corrected chi connectivity index (χ3v) is 7.58. The first-order valence-electron chi connectivity index (χ1n) is 13.2. The zero-order chi connectivity index (χ0) is 25.3. The highest BCUT2D eigenvalue weighted by molar-refractivity contribution is 5.80. The quantitative estimate of drug-likeness (QED) is 0.265. The summed E-state index contributed by atoms with van der Waals surface area (Å²) in [6.45, 7) is 0. The third kappa shape index (κ3) is 4.10. The van der Waals surface area contributed by atoms with Crippen LogP contribution in [0.5, 0.6) is 0 Å². The number of benzene rings is 5. The van der Waals surface area contributed by atoms with Crippen LogP contribution < -0.4 is 10.2 Å². The average molecular weight is 489 g/mol. The fourth-order valence-corrected chi connectivity index (χ4v) is 5.70. The smallest absolute Gasteiger partial charge is 0.0629 e. The molecule has 2 heteroatoms. The number of nitrogens with one attached hydrogen (secondary N) is 1. The topological polar surface area (TPSA) is 15.3 Å². The van der Waals surface area contributed by atoms with E-state index in [0.717, 1.165) is 11.4 Å². The fraction of sp³-hybridized carbons (Fsp3) is 0.0556. The minimum absolute atomic E-state index is 0.283. The second-order valence-corrected chi connectivity index (χ2v) is 9.91. The van der Waals surface area contributed by atoms with Gasteiger partial charge in [0, 0.05) is 28.7 Å². The van der Waals surface area contributed by atoms with Crippen molar-refractivity contribution >= 4 is 22.7 Å². The van der Waals surface area contributed by atoms with E-state index in [0.29, 0.717) is 5.92 Å². The Labute approximate surface area is 224 Å². The lowest BCUT2D eigenvalue weighted by molar-refractivity contribution is 0.745. The second kappa shape index (κ2) is 9.57. The Balaban J connectivity index is 1.20. The second-order valence-electron chi connectivity index (χ2n) is 9.91. The molecule has 5 aromatic rings. The summed E-state index contributed by atoms with van der Waals surface area (Å²) in [7, 11) is 0. The minimum atomic E-state index is 0.283. The van der Waals surface area contributed by atoms with Gasteiger partial charge in [-0.25, -0.2) is 0 Å². The predicted octanol–water partition coefficient (Wildman–Crippen LogP) is 9.49. The summed E-state index contributed by atoms with van der Waals surface area (Å²) < 4.78 is 0. The molecule has 5 aromatic carbocycles. The van der Waals surface area contributed by atoms with Crippen molar-refractivity contribution in [1.82, 2.24) is 0 Å². The summed E-state index contributed by atoms with van der Waals surface area (Å²) in [6.07, 6.45) is 9.04. The maximum atomic E-state index is 3.48. The summed E-state index contributed by atoms with van der Waals surface area (Å²) in [5, 5.41) is 3.48. The van der Waals surface area contributed by atoms with Crippen LogP contribution in [0, 0.1) is 0 Å². The number of anilines is 4. The van der Waals surface area contributed by atoms with E-state index in [4.69, 9.17) is 0 Å². The molecule has 0 saturated carbocycles. The van der Waals surface area contributed by atoms with Crippen molar-refractivity contribution in [3.05, 3.63) is 157 Å². The molecule has 0 spiro atoms. The molecule has 1 aliphatic carbocycles. The van der Waals surface area contributed by atoms with E-state index < -0.39 is 0 Å². The molecule has 1 heterocycles. The van der Waals surface area contributed by atoms with Crippen molar-refractivity contribution in [2.24, 2.45) is 0 Å². The maximum absolute atomic E-state index is 3.48. The largest absolute Gasteiger partial charge is 0.356 e. The van der Waals surface area contributed by atoms with Crippen LogP contribution in [0.25, 0.3) is 22.3 Å². The van der Waals surface area contributed by atoms with Gasteiger partial charge in [0.25, 0.3) is 0 Å². The zero-order valence-corrected chi connectivity index (χ0v) is 21.0. The number of para-hydroxylation sites is 1. The van der Waals surface area contributed by atoms with Gasteiger partial charge in [0.15, 0.2) is 0 Å². The molecular weight excluding hydrogens is 460 g/mol. The maximum Gasteiger partial charge on any atom is 0.0629 e. The van der Waals surface area contributed by atoms with Crippen molar-refractivity contribution < 1.29 is 0 Å².